The highest BCUT2D eigenvalue weighted by atomic mass is 16.3. The number of allylic oxidation sites excluding steroid dienone is 2. The molecule has 1 aromatic heterocycles. The van der Waals surface area contributed by atoms with Crippen LogP contribution in [0.4, 0.5) is 0 Å². The van der Waals surface area contributed by atoms with Crippen molar-refractivity contribution in [1.82, 2.24) is 9.55 Å². The third-order valence-corrected chi connectivity index (χ3v) is 3.59. The van der Waals surface area contributed by atoms with Gasteiger partial charge in [0.05, 0.1) is 11.4 Å². The second-order valence-corrected chi connectivity index (χ2v) is 5.06. The fraction of sp³-hybridized carbons (Fsp3) is 0.118. The second-order valence-electron chi connectivity index (χ2n) is 5.06. The van der Waals surface area contributed by atoms with Gasteiger partial charge in [0, 0.05) is 6.21 Å². The van der Waals surface area contributed by atoms with E-state index in [0.29, 0.717) is 11.4 Å². The Morgan fingerprint density at radius 3 is 2.61 bits per heavy atom. The van der Waals surface area contributed by atoms with Crippen LogP contribution in [0.1, 0.15) is 18.1 Å². The molecule has 2 N–H and O–H groups in total. The smallest absolute Gasteiger partial charge is 0.335 e. The molecule has 116 valence electrons. The molecule has 0 radical (unpaired) electrons. The lowest BCUT2D eigenvalue weighted by molar-refractivity contribution is 0.429. The molecule has 0 bridgehead atoms. The number of hydrogen-bond acceptors (Lipinski definition) is 4. The summed E-state index contributed by atoms with van der Waals surface area (Å²) in [6, 6.07) is 7.19. The summed E-state index contributed by atoms with van der Waals surface area (Å²) >= 11 is 0. The van der Waals surface area contributed by atoms with Crippen molar-refractivity contribution in [3.8, 4) is 11.6 Å². The molecule has 6 heteroatoms. The van der Waals surface area contributed by atoms with Crippen molar-refractivity contribution in [3.63, 3.8) is 0 Å². The maximum Gasteiger partial charge on any atom is 0.335 e. The van der Waals surface area contributed by atoms with Crippen molar-refractivity contribution in [2.24, 2.45) is 4.99 Å². The molecule has 2 aromatic rings. The van der Waals surface area contributed by atoms with Gasteiger partial charge in [-0.25, -0.2) is 9.36 Å². The molecule has 0 spiro atoms. The van der Waals surface area contributed by atoms with Crippen LogP contribution in [-0.4, -0.2) is 20.9 Å². The summed E-state index contributed by atoms with van der Waals surface area (Å²) in [5.74, 6) is -0.411. The predicted octanol–water partition coefficient (Wildman–Crippen LogP) is 1.78. The molecule has 1 aromatic carbocycles. The summed E-state index contributed by atoms with van der Waals surface area (Å²) in [6.07, 6.45) is 7.30. The van der Waals surface area contributed by atoms with Crippen molar-refractivity contribution in [3.05, 3.63) is 74.1 Å². The number of aliphatic imine (C=N–C) groups is 1. The van der Waals surface area contributed by atoms with Crippen molar-refractivity contribution < 1.29 is 5.11 Å². The molecule has 0 amide bonds. The zero-order chi connectivity index (χ0) is 16.4. The third-order valence-electron chi connectivity index (χ3n) is 3.59. The molecule has 1 aliphatic rings. The van der Waals surface area contributed by atoms with Crippen LogP contribution < -0.4 is 11.2 Å². The topological polar surface area (TPSA) is 87.4 Å². The van der Waals surface area contributed by atoms with E-state index in [0.717, 1.165) is 16.6 Å². The number of aromatic nitrogens is 2. The number of aryl methyl sites for hydroxylation is 1. The maximum atomic E-state index is 12.1. The van der Waals surface area contributed by atoms with Crippen molar-refractivity contribution in [2.75, 3.05) is 0 Å². The summed E-state index contributed by atoms with van der Waals surface area (Å²) in [7, 11) is 0. The van der Waals surface area contributed by atoms with Crippen molar-refractivity contribution in [2.45, 2.75) is 13.3 Å². The Labute approximate surface area is 131 Å². The number of benzene rings is 1. The van der Waals surface area contributed by atoms with E-state index in [1.807, 2.05) is 19.1 Å². The molecule has 0 atom stereocenters. The Morgan fingerprint density at radius 1 is 1.26 bits per heavy atom. The van der Waals surface area contributed by atoms with Gasteiger partial charge in [-0.15, -0.1) is 0 Å². The standard InChI is InChI=1S/C17H15N3O3/c1-2-11-5-7-13(8-6-11)20-16(22)14(15(21)19-17(20)23)10-12-4-3-9-18-12/h3-10,22H,2H2,1H3,(H,19,21,23)/b12-10+. The zero-order valence-electron chi connectivity index (χ0n) is 12.5. The number of nitrogens with zero attached hydrogens (tertiary/aromatic N) is 2. The lowest BCUT2D eigenvalue weighted by Gasteiger charge is -2.10. The Balaban J connectivity index is 2.19. The van der Waals surface area contributed by atoms with Gasteiger partial charge in [-0.3, -0.25) is 14.8 Å². The monoisotopic (exact) mass is 309 g/mol. The molecule has 0 saturated carbocycles. The summed E-state index contributed by atoms with van der Waals surface area (Å²) in [5, 5.41) is 10.4. The summed E-state index contributed by atoms with van der Waals surface area (Å²) in [5.41, 5.74) is 0.756. The molecule has 0 saturated heterocycles. The summed E-state index contributed by atoms with van der Waals surface area (Å²) in [6.45, 7) is 2.03. The van der Waals surface area contributed by atoms with E-state index in [-0.39, 0.29) is 5.56 Å². The molecule has 2 heterocycles. The third kappa shape index (κ3) is 2.78. The first kappa shape index (κ1) is 14.8. The van der Waals surface area contributed by atoms with Crippen LogP contribution in [0.25, 0.3) is 11.8 Å². The average molecular weight is 309 g/mol. The van der Waals surface area contributed by atoms with E-state index in [1.54, 1.807) is 30.5 Å². The fourth-order valence-electron chi connectivity index (χ4n) is 2.34. The lowest BCUT2D eigenvalue weighted by Crippen LogP contribution is -2.30. The highest BCUT2D eigenvalue weighted by Gasteiger charge is 2.14. The predicted molar refractivity (Wildman–Crippen MR) is 89.3 cm³/mol. The van der Waals surface area contributed by atoms with Gasteiger partial charge >= 0.3 is 5.69 Å². The number of nitrogens with one attached hydrogen (secondary N) is 1. The first-order valence-electron chi connectivity index (χ1n) is 7.20. The van der Waals surface area contributed by atoms with E-state index in [4.69, 9.17) is 0 Å². The van der Waals surface area contributed by atoms with Crippen LogP contribution in [-0.2, 0) is 6.42 Å². The van der Waals surface area contributed by atoms with E-state index in [1.165, 1.54) is 6.08 Å². The molecule has 0 aliphatic carbocycles. The largest absolute Gasteiger partial charge is 0.494 e. The van der Waals surface area contributed by atoms with E-state index < -0.39 is 17.1 Å². The van der Waals surface area contributed by atoms with Crippen LogP contribution in [0.5, 0.6) is 5.88 Å². The molecule has 0 unspecified atom stereocenters. The highest BCUT2D eigenvalue weighted by molar-refractivity contribution is 5.79. The van der Waals surface area contributed by atoms with Gasteiger partial charge in [-0.2, -0.15) is 0 Å². The fourth-order valence-corrected chi connectivity index (χ4v) is 2.34. The van der Waals surface area contributed by atoms with Gasteiger partial charge in [-0.1, -0.05) is 19.1 Å². The Bertz CT molecular complexity index is 931. The quantitative estimate of drug-likeness (QED) is 0.906. The molecule has 0 fully saturated rings. The molecule has 6 nitrogen and oxygen atoms in total. The number of aromatic amines is 1. The first-order chi connectivity index (χ1) is 11.1. The van der Waals surface area contributed by atoms with Gasteiger partial charge < -0.3 is 5.11 Å². The van der Waals surface area contributed by atoms with E-state index >= 15 is 0 Å². The highest BCUT2D eigenvalue weighted by Crippen LogP contribution is 2.20. The second kappa shape index (κ2) is 5.92. The Hall–Kier alpha value is -3.15. The van der Waals surface area contributed by atoms with Gasteiger partial charge in [-0.05, 0) is 42.3 Å². The lowest BCUT2D eigenvalue weighted by atomic mass is 10.1. The van der Waals surface area contributed by atoms with Crippen LogP contribution >= 0.6 is 0 Å². The molecular formula is C17H15N3O3. The van der Waals surface area contributed by atoms with Crippen LogP contribution in [0.3, 0.4) is 0 Å². The minimum atomic E-state index is -0.690. The van der Waals surface area contributed by atoms with Crippen molar-refractivity contribution >= 4 is 12.3 Å². The molecule has 3 rings (SSSR count). The SMILES string of the molecule is CCc1ccc(-n2c(O)c(/C=C3\C=CC=N3)c(=O)[nH]c2=O)cc1. The average Bonchev–Trinajstić information content (AvgIpc) is 3.05. The Kier molecular flexibility index (Phi) is 3.80. The summed E-state index contributed by atoms with van der Waals surface area (Å²) < 4.78 is 1.07. The number of hydrogen-bond donors (Lipinski definition) is 2. The van der Waals surface area contributed by atoms with Gasteiger partial charge in [0.2, 0.25) is 5.88 Å². The van der Waals surface area contributed by atoms with Crippen LogP contribution in [0, 0.1) is 0 Å². The number of rotatable bonds is 3. The summed E-state index contributed by atoms with van der Waals surface area (Å²) in [4.78, 5) is 30.3. The minimum absolute atomic E-state index is 0.0112. The van der Waals surface area contributed by atoms with Crippen LogP contribution in [0.2, 0.25) is 0 Å². The molecule has 23 heavy (non-hydrogen) atoms. The number of aromatic hydroxyl groups is 1. The normalized spacial score (nSPS) is 14.7. The first-order valence-corrected chi connectivity index (χ1v) is 7.20. The zero-order valence-corrected chi connectivity index (χ0v) is 12.5. The van der Waals surface area contributed by atoms with Gasteiger partial charge in [0.15, 0.2) is 0 Å². The van der Waals surface area contributed by atoms with E-state index in [9.17, 15) is 14.7 Å². The Morgan fingerprint density at radius 2 is 2.00 bits per heavy atom. The maximum absolute atomic E-state index is 12.1. The molecular weight excluding hydrogens is 294 g/mol. The minimum Gasteiger partial charge on any atom is -0.494 e. The van der Waals surface area contributed by atoms with Crippen LogP contribution in [0.15, 0.2) is 56.7 Å². The van der Waals surface area contributed by atoms with Gasteiger partial charge in [0.25, 0.3) is 5.56 Å². The van der Waals surface area contributed by atoms with Crippen molar-refractivity contribution in [1.29, 1.82) is 0 Å². The molecule has 1 aliphatic heterocycles. The number of H-pyrrole nitrogens is 1. The van der Waals surface area contributed by atoms with Gasteiger partial charge in [0.1, 0.15) is 5.56 Å². The van der Waals surface area contributed by atoms with E-state index in [2.05, 4.69) is 9.98 Å².